The van der Waals surface area contributed by atoms with Gasteiger partial charge in [0, 0.05) is 13.2 Å². The highest BCUT2D eigenvalue weighted by atomic mass is 16.5. The van der Waals surface area contributed by atoms with Gasteiger partial charge in [-0.2, -0.15) is 0 Å². The van der Waals surface area contributed by atoms with Crippen molar-refractivity contribution in [1.82, 2.24) is 0 Å². The molecule has 1 N–H and O–H groups in total. The van der Waals surface area contributed by atoms with Crippen molar-refractivity contribution in [3.05, 3.63) is 0 Å². The van der Waals surface area contributed by atoms with E-state index in [1.54, 1.807) is 0 Å². The summed E-state index contributed by atoms with van der Waals surface area (Å²) in [6.07, 6.45) is 7.58. The van der Waals surface area contributed by atoms with Crippen molar-refractivity contribution in [2.24, 2.45) is 0 Å². The fraction of sp³-hybridized carbons (Fsp3) is 1.00. The van der Waals surface area contributed by atoms with Gasteiger partial charge < -0.3 is 9.84 Å². The monoisotopic (exact) mass is 158 g/mol. The van der Waals surface area contributed by atoms with Crippen molar-refractivity contribution in [2.45, 2.75) is 44.6 Å². The summed E-state index contributed by atoms with van der Waals surface area (Å²) in [6, 6.07) is 0. The van der Waals surface area contributed by atoms with E-state index in [9.17, 15) is 0 Å². The maximum absolute atomic E-state index is 8.49. The molecular weight excluding hydrogens is 140 g/mol. The molecule has 0 aromatic carbocycles. The van der Waals surface area contributed by atoms with E-state index in [1.807, 2.05) is 0 Å². The zero-order chi connectivity index (χ0) is 7.94. The second-order valence-electron chi connectivity index (χ2n) is 3.21. The Labute approximate surface area is 68.6 Å². The van der Waals surface area contributed by atoms with Gasteiger partial charge >= 0.3 is 0 Å². The molecule has 1 fully saturated rings. The van der Waals surface area contributed by atoms with Crippen LogP contribution in [0.1, 0.15) is 38.5 Å². The second kappa shape index (κ2) is 5.56. The van der Waals surface area contributed by atoms with Crippen LogP contribution in [0.3, 0.4) is 0 Å². The van der Waals surface area contributed by atoms with E-state index >= 15 is 0 Å². The van der Waals surface area contributed by atoms with Gasteiger partial charge in [0.1, 0.15) is 0 Å². The lowest BCUT2D eigenvalue weighted by Crippen LogP contribution is -2.21. The van der Waals surface area contributed by atoms with E-state index in [2.05, 4.69) is 0 Å². The third kappa shape index (κ3) is 3.73. The first-order chi connectivity index (χ1) is 5.43. The SMILES string of the molecule is OCCCCCOC1CCC1. The maximum atomic E-state index is 8.49. The van der Waals surface area contributed by atoms with Gasteiger partial charge in [0.05, 0.1) is 6.10 Å². The summed E-state index contributed by atoms with van der Waals surface area (Å²) >= 11 is 0. The third-order valence-electron chi connectivity index (χ3n) is 2.21. The molecule has 1 saturated carbocycles. The Bertz CT molecular complexity index is 89.6. The molecule has 1 aliphatic carbocycles. The van der Waals surface area contributed by atoms with Crippen molar-refractivity contribution < 1.29 is 9.84 Å². The summed E-state index contributed by atoms with van der Waals surface area (Å²) < 4.78 is 5.54. The summed E-state index contributed by atoms with van der Waals surface area (Å²) in [7, 11) is 0. The van der Waals surface area contributed by atoms with Crippen LogP contribution in [0.15, 0.2) is 0 Å². The zero-order valence-electron chi connectivity index (χ0n) is 7.09. The molecule has 0 aliphatic heterocycles. The molecule has 0 unspecified atom stereocenters. The molecule has 66 valence electrons. The lowest BCUT2D eigenvalue weighted by Gasteiger charge is -2.25. The largest absolute Gasteiger partial charge is 0.396 e. The van der Waals surface area contributed by atoms with Gasteiger partial charge in [-0.25, -0.2) is 0 Å². The zero-order valence-corrected chi connectivity index (χ0v) is 7.09. The maximum Gasteiger partial charge on any atom is 0.0575 e. The number of aliphatic hydroxyl groups is 1. The normalized spacial score (nSPS) is 18.3. The molecule has 0 aromatic rings. The number of aliphatic hydroxyl groups excluding tert-OH is 1. The quantitative estimate of drug-likeness (QED) is 0.596. The molecule has 11 heavy (non-hydrogen) atoms. The average Bonchev–Trinajstić information content (AvgIpc) is 1.93. The molecular formula is C9H18O2. The number of rotatable bonds is 6. The van der Waals surface area contributed by atoms with E-state index < -0.39 is 0 Å². The number of hydrogen-bond donors (Lipinski definition) is 1. The first-order valence-corrected chi connectivity index (χ1v) is 4.66. The standard InChI is InChI=1S/C9H18O2/c10-7-2-1-3-8-11-9-5-4-6-9/h9-10H,1-8H2. The van der Waals surface area contributed by atoms with Crippen LogP contribution < -0.4 is 0 Å². The summed E-state index contributed by atoms with van der Waals surface area (Å²) in [5, 5.41) is 8.49. The lowest BCUT2D eigenvalue weighted by atomic mass is 9.96. The molecule has 0 bridgehead atoms. The van der Waals surface area contributed by atoms with Gasteiger partial charge in [0.15, 0.2) is 0 Å². The fourth-order valence-corrected chi connectivity index (χ4v) is 1.18. The molecule has 0 spiro atoms. The van der Waals surface area contributed by atoms with Crippen LogP contribution in [-0.2, 0) is 4.74 Å². The van der Waals surface area contributed by atoms with Crippen molar-refractivity contribution in [3.8, 4) is 0 Å². The summed E-state index contributed by atoms with van der Waals surface area (Å²) in [5.74, 6) is 0. The molecule has 0 saturated heterocycles. The van der Waals surface area contributed by atoms with Crippen LogP contribution >= 0.6 is 0 Å². The molecule has 2 nitrogen and oxygen atoms in total. The Morgan fingerprint density at radius 3 is 2.55 bits per heavy atom. The third-order valence-corrected chi connectivity index (χ3v) is 2.21. The average molecular weight is 158 g/mol. The van der Waals surface area contributed by atoms with E-state index in [0.29, 0.717) is 12.7 Å². The number of ether oxygens (including phenoxy) is 1. The van der Waals surface area contributed by atoms with Crippen LogP contribution in [-0.4, -0.2) is 24.4 Å². The fourth-order valence-electron chi connectivity index (χ4n) is 1.18. The molecule has 0 amide bonds. The van der Waals surface area contributed by atoms with Crippen LogP contribution in [0.25, 0.3) is 0 Å². The van der Waals surface area contributed by atoms with Gasteiger partial charge in [0.25, 0.3) is 0 Å². The Morgan fingerprint density at radius 1 is 1.18 bits per heavy atom. The van der Waals surface area contributed by atoms with E-state index in [1.165, 1.54) is 19.3 Å². The molecule has 1 aliphatic rings. The van der Waals surface area contributed by atoms with Crippen molar-refractivity contribution in [2.75, 3.05) is 13.2 Å². The molecule has 0 radical (unpaired) electrons. The predicted molar refractivity (Wildman–Crippen MR) is 44.5 cm³/mol. The Kier molecular flexibility index (Phi) is 4.55. The highest BCUT2D eigenvalue weighted by molar-refractivity contribution is 4.68. The minimum absolute atomic E-state index is 0.323. The minimum Gasteiger partial charge on any atom is -0.396 e. The summed E-state index contributed by atoms with van der Waals surface area (Å²) in [4.78, 5) is 0. The molecule has 0 aromatic heterocycles. The number of hydrogen-bond acceptors (Lipinski definition) is 2. The van der Waals surface area contributed by atoms with Gasteiger partial charge in [-0.1, -0.05) is 0 Å². The smallest absolute Gasteiger partial charge is 0.0575 e. The summed E-state index contributed by atoms with van der Waals surface area (Å²) in [5.41, 5.74) is 0. The topological polar surface area (TPSA) is 29.5 Å². The Balaban J connectivity index is 1.73. The first-order valence-electron chi connectivity index (χ1n) is 4.66. The molecule has 1 rings (SSSR count). The van der Waals surface area contributed by atoms with E-state index in [4.69, 9.17) is 9.84 Å². The Morgan fingerprint density at radius 2 is 2.00 bits per heavy atom. The lowest BCUT2D eigenvalue weighted by molar-refractivity contribution is 0.000384. The highest BCUT2D eigenvalue weighted by Crippen LogP contribution is 2.21. The van der Waals surface area contributed by atoms with E-state index in [-0.39, 0.29) is 0 Å². The Hall–Kier alpha value is -0.0800. The van der Waals surface area contributed by atoms with Crippen LogP contribution in [0.2, 0.25) is 0 Å². The second-order valence-corrected chi connectivity index (χ2v) is 3.21. The van der Waals surface area contributed by atoms with Crippen molar-refractivity contribution in [3.63, 3.8) is 0 Å². The minimum atomic E-state index is 0.323. The van der Waals surface area contributed by atoms with Gasteiger partial charge in [-0.3, -0.25) is 0 Å². The van der Waals surface area contributed by atoms with Gasteiger partial charge in [-0.05, 0) is 38.5 Å². The van der Waals surface area contributed by atoms with Crippen molar-refractivity contribution >= 4 is 0 Å². The van der Waals surface area contributed by atoms with Crippen LogP contribution in [0.4, 0.5) is 0 Å². The van der Waals surface area contributed by atoms with Crippen LogP contribution in [0.5, 0.6) is 0 Å². The van der Waals surface area contributed by atoms with Gasteiger partial charge in [-0.15, -0.1) is 0 Å². The first kappa shape index (κ1) is 9.01. The number of unbranched alkanes of at least 4 members (excludes halogenated alkanes) is 2. The molecule has 0 heterocycles. The van der Waals surface area contributed by atoms with Crippen molar-refractivity contribution in [1.29, 1.82) is 0 Å². The highest BCUT2D eigenvalue weighted by Gasteiger charge is 2.16. The van der Waals surface area contributed by atoms with Crippen LogP contribution in [0, 0.1) is 0 Å². The predicted octanol–water partition coefficient (Wildman–Crippen LogP) is 1.72. The van der Waals surface area contributed by atoms with E-state index in [0.717, 1.165) is 25.9 Å². The summed E-state index contributed by atoms with van der Waals surface area (Å²) in [6.45, 7) is 1.22. The van der Waals surface area contributed by atoms with Gasteiger partial charge in [0.2, 0.25) is 0 Å². The molecule has 2 heteroatoms. The molecule has 0 atom stereocenters.